The summed E-state index contributed by atoms with van der Waals surface area (Å²) in [5.41, 5.74) is -0.553. The molecule has 0 N–H and O–H groups in total. The van der Waals surface area contributed by atoms with E-state index in [2.05, 4.69) is 0 Å². The molecule has 1 heterocycles. The zero-order chi connectivity index (χ0) is 10.1. The lowest BCUT2D eigenvalue weighted by atomic mass is 9.76. The summed E-state index contributed by atoms with van der Waals surface area (Å²) >= 11 is 0. The quantitative estimate of drug-likeness (QED) is 0.643. The smallest absolute Gasteiger partial charge is 0.152 e. The predicted octanol–water partition coefficient (Wildman–Crippen LogP) is 1.04. The van der Waals surface area contributed by atoms with Gasteiger partial charge in [-0.15, -0.1) is 0 Å². The second-order valence-electron chi connectivity index (χ2n) is 3.90. The molecule has 1 saturated heterocycles. The van der Waals surface area contributed by atoms with Crippen LogP contribution in [0.5, 0.6) is 0 Å². The van der Waals surface area contributed by atoms with E-state index in [1.54, 1.807) is 0 Å². The lowest BCUT2D eigenvalue weighted by Crippen LogP contribution is -2.54. The van der Waals surface area contributed by atoms with Gasteiger partial charge >= 0.3 is 0 Å². The molecule has 3 nitrogen and oxygen atoms in total. The molecule has 0 atom stereocenters. The van der Waals surface area contributed by atoms with Crippen molar-refractivity contribution in [1.82, 2.24) is 0 Å². The van der Waals surface area contributed by atoms with Crippen molar-refractivity contribution in [3.05, 3.63) is 0 Å². The van der Waals surface area contributed by atoms with Gasteiger partial charge < -0.3 is 4.79 Å². The summed E-state index contributed by atoms with van der Waals surface area (Å²) in [6, 6.07) is 0. The van der Waals surface area contributed by atoms with E-state index in [1.807, 2.05) is 13.8 Å². The third-order valence-electron chi connectivity index (χ3n) is 3.01. The maximum atomic E-state index is 11.0. The van der Waals surface area contributed by atoms with Crippen LogP contribution in [0.2, 0.25) is 0 Å². The van der Waals surface area contributed by atoms with Gasteiger partial charge in [-0.3, -0.25) is 0 Å². The van der Waals surface area contributed by atoms with Gasteiger partial charge in [0.1, 0.15) is 6.29 Å². The molecule has 0 saturated carbocycles. The Kier molecular flexibility index (Phi) is 2.80. The minimum absolute atomic E-state index is 0.0653. The highest BCUT2D eigenvalue weighted by molar-refractivity contribution is 7.93. The van der Waals surface area contributed by atoms with E-state index in [4.69, 9.17) is 0 Å². The van der Waals surface area contributed by atoms with Gasteiger partial charge in [-0.25, -0.2) is 8.42 Å². The van der Waals surface area contributed by atoms with Crippen LogP contribution in [0.4, 0.5) is 0 Å². The molecule has 0 radical (unpaired) electrons. The molecule has 4 heteroatoms. The van der Waals surface area contributed by atoms with Crippen LogP contribution in [0.25, 0.3) is 0 Å². The summed E-state index contributed by atoms with van der Waals surface area (Å²) in [5.74, 6) is 0.361. The molecule has 0 aliphatic carbocycles. The van der Waals surface area contributed by atoms with E-state index in [1.165, 1.54) is 0 Å². The second-order valence-corrected chi connectivity index (χ2v) is 5.96. The predicted molar refractivity (Wildman–Crippen MR) is 51.2 cm³/mol. The fraction of sp³-hybridized carbons (Fsp3) is 0.889. The van der Waals surface area contributed by atoms with E-state index < -0.39 is 15.3 Å². The maximum Gasteiger partial charge on any atom is 0.152 e. The SMILES string of the molecule is CCC(CC)C1(C=O)CS(=O)(=O)C1. The molecule has 0 unspecified atom stereocenters. The van der Waals surface area contributed by atoms with Crippen LogP contribution in [0.15, 0.2) is 0 Å². The molecule has 1 fully saturated rings. The third-order valence-corrected chi connectivity index (χ3v) is 4.97. The Morgan fingerprint density at radius 2 is 1.77 bits per heavy atom. The van der Waals surface area contributed by atoms with Crippen molar-refractivity contribution in [2.24, 2.45) is 11.3 Å². The number of hydrogen-bond donors (Lipinski definition) is 0. The summed E-state index contributed by atoms with van der Waals surface area (Å²) in [7, 11) is -2.90. The fourth-order valence-corrected chi connectivity index (χ4v) is 4.44. The zero-order valence-electron chi connectivity index (χ0n) is 8.12. The van der Waals surface area contributed by atoms with Gasteiger partial charge in [0.05, 0.1) is 16.9 Å². The molecule has 1 aliphatic heterocycles. The molecule has 76 valence electrons. The Bertz CT molecular complexity index is 276. The first-order valence-electron chi connectivity index (χ1n) is 4.66. The number of aldehydes is 1. The highest BCUT2D eigenvalue weighted by Gasteiger charge is 2.52. The van der Waals surface area contributed by atoms with E-state index >= 15 is 0 Å². The van der Waals surface area contributed by atoms with Crippen LogP contribution < -0.4 is 0 Å². The highest BCUT2D eigenvalue weighted by Crippen LogP contribution is 2.41. The van der Waals surface area contributed by atoms with E-state index in [9.17, 15) is 13.2 Å². The van der Waals surface area contributed by atoms with Crippen molar-refractivity contribution >= 4 is 16.1 Å². The minimum atomic E-state index is -2.90. The van der Waals surface area contributed by atoms with Crippen LogP contribution in [0.3, 0.4) is 0 Å². The molecule has 0 aromatic carbocycles. The monoisotopic (exact) mass is 204 g/mol. The van der Waals surface area contributed by atoms with Crippen molar-refractivity contribution in [1.29, 1.82) is 0 Å². The van der Waals surface area contributed by atoms with Gasteiger partial charge in [0.2, 0.25) is 0 Å². The van der Waals surface area contributed by atoms with Gasteiger partial charge in [0.15, 0.2) is 9.84 Å². The Balaban J connectivity index is 2.80. The number of carbonyl (C=O) groups is 1. The van der Waals surface area contributed by atoms with E-state index in [-0.39, 0.29) is 17.4 Å². The number of sulfone groups is 1. The molecule has 1 aliphatic rings. The Hall–Kier alpha value is -0.380. The number of carbonyl (C=O) groups excluding carboxylic acids is 1. The van der Waals surface area contributed by atoms with Gasteiger partial charge in [0, 0.05) is 0 Å². The van der Waals surface area contributed by atoms with Crippen LogP contribution >= 0.6 is 0 Å². The maximum absolute atomic E-state index is 11.0. The lowest BCUT2D eigenvalue weighted by Gasteiger charge is -2.42. The second kappa shape index (κ2) is 3.40. The molecule has 1 rings (SSSR count). The standard InChI is InChI=1S/C9H16O3S/c1-3-8(4-2)9(5-10)6-13(11,12)7-9/h5,8H,3-4,6-7H2,1-2H3. The summed E-state index contributed by atoms with van der Waals surface area (Å²) in [5, 5.41) is 0. The molecule has 0 aromatic heterocycles. The van der Waals surface area contributed by atoms with Gasteiger partial charge in [-0.05, 0) is 5.92 Å². The summed E-state index contributed by atoms with van der Waals surface area (Å²) in [4.78, 5) is 10.9. The van der Waals surface area contributed by atoms with Crippen LogP contribution in [-0.2, 0) is 14.6 Å². The van der Waals surface area contributed by atoms with Gasteiger partial charge in [-0.2, -0.15) is 0 Å². The van der Waals surface area contributed by atoms with Gasteiger partial charge in [-0.1, -0.05) is 26.7 Å². The van der Waals surface area contributed by atoms with E-state index in [0.29, 0.717) is 0 Å². The normalized spacial score (nSPS) is 23.9. The van der Waals surface area contributed by atoms with Crippen molar-refractivity contribution < 1.29 is 13.2 Å². The van der Waals surface area contributed by atoms with Gasteiger partial charge in [0.25, 0.3) is 0 Å². The van der Waals surface area contributed by atoms with Crippen LogP contribution in [0.1, 0.15) is 26.7 Å². The Labute approximate surface area is 79.4 Å². The first-order valence-corrected chi connectivity index (χ1v) is 6.48. The topological polar surface area (TPSA) is 51.2 Å². The summed E-state index contributed by atoms with van der Waals surface area (Å²) < 4.78 is 22.1. The van der Waals surface area contributed by atoms with Crippen LogP contribution in [0, 0.1) is 11.3 Å². The molecule has 0 spiro atoms. The van der Waals surface area contributed by atoms with E-state index in [0.717, 1.165) is 19.1 Å². The Morgan fingerprint density at radius 1 is 1.31 bits per heavy atom. The largest absolute Gasteiger partial charge is 0.303 e. The molecule has 0 amide bonds. The molecule has 0 bridgehead atoms. The molecular weight excluding hydrogens is 188 g/mol. The first kappa shape index (κ1) is 10.7. The fourth-order valence-electron chi connectivity index (χ4n) is 2.28. The third kappa shape index (κ3) is 1.77. The number of rotatable bonds is 4. The number of hydrogen-bond acceptors (Lipinski definition) is 3. The van der Waals surface area contributed by atoms with Crippen molar-refractivity contribution in [3.8, 4) is 0 Å². The summed E-state index contributed by atoms with van der Waals surface area (Å²) in [6.07, 6.45) is 2.61. The average Bonchev–Trinajstić information content (AvgIpc) is 2.02. The van der Waals surface area contributed by atoms with Crippen molar-refractivity contribution in [3.63, 3.8) is 0 Å². The van der Waals surface area contributed by atoms with Crippen molar-refractivity contribution in [2.45, 2.75) is 26.7 Å². The van der Waals surface area contributed by atoms with Crippen molar-refractivity contribution in [2.75, 3.05) is 11.5 Å². The zero-order valence-corrected chi connectivity index (χ0v) is 8.93. The lowest BCUT2D eigenvalue weighted by molar-refractivity contribution is -0.117. The molecule has 13 heavy (non-hydrogen) atoms. The average molecular weight is 204 g/mol. The Morgan fingerprint density at radius 3 is 2.00 bits per heavy atom. The highest BCUT2D eigenvalue weighted by atomic mass is 32.2. The minimum Gasteiger partial charge on any atom is -0.303 e. The summed E-state index contributed by atoms with van der Waals surface area (Å²) in [6.45, 7) is 4.01. The molecule has 0 aromatic rings. The molecular formula is C9H16O3S. The first-order chi connectivity index (χ1) is 5.99. The van der Waals surface area contributed by atoms with Crippen LogP contribution in [-0.4, -0.2) is 26.2 Å².